The van der Waals surface area contributed by atoms with Gasteiger partial charge in [-0.25, -0.2) is 0 Å². The highest BCUT2D eigenvalue weighted by molar-refractivity contribution is 6.14. The van der Waals surface area contributed by atoms with Crippen LogP contribution in [0.4, 0.5) is 0 Å². The maximum absolute atomic E-state index is 2.41. The second-order valence-corrected chi connectivity index (χ2v) is 13.0. The van der Waals surface area contributed by atoms with Crippen molar-refractivity contribution in [2.45, 2.75) is 47.0 Å². The Kier molecular flexibility index (Phi) is 9.40. The molecule has 0 heterocycles. The molecule has 0 saturated heterocycles. The van der Waals surface area contributed by atoms with Crippen molar-refractivity contribution in [3.8, 4) is 33.4 Å². The maximum atomic E-state index is 2.41. The molecule has 0 aliphatic heterocycles. The van der Waals surface area contributed by atoms with Crippen LogP contribution in [0.3, 0.4) is 0 Å². The van der Waals surface area contributed by atoms with Crippen LogP contribution in [0.1, 0.15) is 55.0 Å². The van der Waals surface area contributed by atoms with E-state index in [0.717, 1.165) is 19.3 Å². The molecule has 7 rings (SSSR count). The third-order valence-corrected chi connectivity index (χ3v) is 9.90. The van der Waals surface area contributed by atoms with Crippen LogP contribution < -0.4 is 0 Å². The van der Waals surface area contributed by atoms with Gasteiger partial charge in [-0.2, -0.15) is 0 Å². The first-order valence-corrected chi connectivity index (χ1v) is 17.8. The minimum atomic E-state index is 0.970. The molecule has 0 aliphatic rings. The van der Waals surface area contributed by atoms with Crippen molar-refractivity contribution in [1.29, 1.82) is 0 Å². The molecule has 0 radical (unpaired) electrons. The predicted octanol–water partition coefficient (Wildman–Crippen LogP) is 13.9. The zero-order chi connectivity index (χ0) is 33.7. The Hall–Kier alpha value is -5.46. The SMILES string of the molecule is CC=C/C(=C\c1c(CC)c2ccccc2c2ccccc12)c1cccc(-c2cccc(-c3cccc(-c4ccccc4C)c3CCC)c2)c1. The molecule has 0 aliphatic carbocycles. The maximum Gasteiger partial charge on any atom is -0.00992 e. The molecule has 0 aromatic heterocycles. The van der Waals surface area contributed by atoms with Gasteiger partial charge in [0.1, 0.15) is 0 Å². The van der Waals surface area contributed by atoms with E-state index in [9.17, 15) is 0 Å². The van der Waals surface area contributed by atoms with E-state index < -0.39 is 0 Å². The Bertz CT molecular complexity index is 2350. The molecule has 240 valence electrons. The fourth-order valence-corrected chi connectivity index (χ4v) is 7.60. The number of benzene rings is 7. The zero-order valence-corrected chi connectivity index (χ0v) is 29.1. The van der Waals surface area contributed by atoms with Gasteiger partial charge in [-0.05, 0) is 133 Å². The van der Waals surface area contributed by atoms with E-state index in [0.29, 0.717) is 0 Å². The van der Waals surface area contributed by atoms with Crippen molar-refractivity contribution in [3.63, 3.8) is 0 Å². The second-order valence-electron chi connectivity index (χ2n) is 13.0. The quantitative estimate of drug-likeness (QED) is 0.0844. The molecule has 0 spiro atoms. The molecule has 0 heteroatoms. The molecule has 0 atom stereocenters. The van der Waals surface area contributed by atoms with E-state index in [1.54, 1.807) is 0 Å². The van der Waals surface area contributed by atoms with Gasteiger partial charge in [0.15, 0.2) is 0 Å². The Morgan fingerprint density at radius 1 is 0.531 bits per heavy atom. The van der Waals surface area contributed by atoms with Crippen molar-refractivity contribution < 1.29 is 0 Å². The molecule has 0 unspecified atom stereocenters. The van der Waals surface area contributed by atoms with Crippen molar-refractivity contribution in [2.75, 3.05) is 0 Å². The van der Waals surface area contributed by atoms with E-state index >= 15 is 0 Å². The summed E-state index contributed by atoms with van der Waals surface area (Å²) < 4.78 is 0. The summed E-state index contributed by atoms with van der Waals surface area (Å²) in [6.07, 6.45) is 9.94. The minimum absolute atomic E-state index is 0.970. The summed E-state index contributed by atoms with van der Waals surface area (Å²) in [6, 6.07) is 51.5. The average Bonchev–Trinajstić information content (AvgIpc) is 3.15. The van der Waals surface area contributed by atoms with Crippen LogP contribution in [0.25, 0.3) is 66.6 Å². The minimum Gasteiger partial charge on any atom is -0.0870 e. The lowest BCUT2D eigenvalue weighted by molar-refractivity contribution is 0.925. The highest BCUT2D eigenvalue weighted by atomic mass is 14.2. The number of hydrogen-bond donors (Lipinski definition) is 0. The summed E-state index contributed by atoms with van der Waals surface area (Å²) in [6.45, 7) is 8.88. The molecule has 0 bridgehead atoms. The van der Waals surface area contributed by atoms with Crippen LogP contribution in [0.15, 0.2) is 152 Å². The van der Waals surface area contributed by atoms with Crippen LogP contribution in [-0.2, 0) is 12.8 Å². The molecule has 0 saturated carbocycles. The third-order valence-electron chi connectivity index (χ3n) is 9.90. The van der Waals surface area contributed by atoms with Gasteiger partial charge < -0.3 is 0 Å². The van der Waals surface area contributed by atoms with Crippen LogP contribution in [0.5, 0.6) is 0 Å². The number of fused-ring (bicyclic) bond motifs is 3. The fourth-order valence-electron chi connectivity index (χ4n) is 7.60. The first-order chi connectivity index (χ1) is 24.1. The Morgan fingerprint density at radius 3 is 1.86 bits per heavy atom. The van der Waals surface area contributed by atoms with Gasteiger partial charge in [-0.15, -0.1) is 0 Å². The lowest BCUT2D eigenvalue weighted by atomic mass is 9.87. The van der Waals surface area contributed by atoms with Gasteiger partial charge in [0.25, 0.3) is 0 Å². The highest BCUT2D eigenvalue weighted by Crippen LogP contribution is 2.38. The zero-order valence-electron chi connectivity index (χ0n) is 29.1. The molecular weight excluding hydrogens is 589 g/mol. The number of rotatable bonds is 9. The average molecular weight is 633 g/mol. The summed E-state index contributed by atoms with van der Waals surface area (Å²) >= 11 is 0. The molecule has 0 fully saturated rings. The van der Waals surface area contributed by atoms with Gasteiger partial charge in [-0.1, -0.05) is 160 Å². The summed E-state index contributed by atoms with van der Waals surface area (Å²) in [5, 5.41) is 5.28. The lowest BCUT2D eigenvalue weighted by Gasteiger charge is -2.17. The molecule has 7 aromatic carbocycles. The van der Waals surface area contributed by atoms with Crippen molar-refractivity contribution in [1.82, 2.24) is 0 Å². The first-order valence-electron chi connectivity index (χ1n) is 17.8. The Morgan fingerprint density at radius 2 is 1.12 bits per heavy atom. The molecule has 49 heavy (non-hydrogen) atoms. The summed E-state index contributed by atoms with van der Waals surface area (Å²) in [7, 11) is 0. The van der Waals surface area contributed by atoms with Gasteiger partial charge in [0.05, 0.1) is 0 Å². The predicted molar refractivity (Wildman–Crippen MR) is 215 cm³/mol. The van der Waals surface area contributed by atoms with Crippen molar-refractivity contribution >= 4 is 33.2 Å². The second kappa shape index (κ2) is 14.3. The Labute approximate surface area is 292 Å². The summed E-state index contributed by atoms with van der Waals surface area (Å²) in [4.78, 5) is 0. The molecular formula is C49H44. The van der Waals surface area contributed by atoms with E-state index in [-0.39, 0.29) is 0 Å². The molecule has 0 amide bonds. The monoisotopic (exact) mass is 632 g/mol. The number of allylic oxidation sites excluding steroid dienone is 3. The standard InChI is InChI=1S/C49H44/c1-5-17-35(33-49-40(7-3)44-25-10-11-26-46(44)47-27-12-13-28-48(47)49)36-20-14-21-37(31-36)38-22-15-23-39(32-38)42-29-16-30-45(43(42)18-6-2)41-24-9-8-19-34(41)4/h5,8-17,19-33H,6-7,18H2,1-4H3/b17-5?,35-33+. The lowest BCUT2D eigenvalue weighted by Crippen LogP contribution is -1.96. The van der Waals surface area contributed by atoms with Gasteiger partial charge in [0, 0.05) is 0 Å². The summed E-state index contributed by atoms with van der Waals surface area (Å²) in [5.41, 5.74) is 15.6. The van der Waals surface area contributed by atoms with Crippen LogP contribution in [0.2, 0.25) is 0 Å². The normalized spacial score (nSPS) is 12.0. The van der Waals surface area contributed by atoms with E-state index in [1.807, 2.05) is 0 Å². The molecule has 0 N–H and O–H groups in total. The van der Waals surface area contributed by atoms with Gasteiger partial charge >= 0.3 is 0 Å². The van der Waals surface area contributed by atoms with E-state index in [1.165, 1.54) is 88.3 Å². The van der Waals surface area contributed by atoms with Crippen LogP contribution >= 0.6 is 0 Å². The topological polar surface area (TPSA) is 0 Å². The Balaban J connectivity index is 1.34. The summed E-state index contributed by atoms with van der Waals surface area (Å²) in [5.74, 6) is 0. The van der Waals surface area contributed by atoms with E-state index in [4.69, 9.17) is 0 Å². The third kappa shape index (κ3) is 6.28. The van der Waals surface area contributed by atoms with Crippen LogP contribution in [0, 0.1) is 6.92 Å². The first kappa shape index (κ1) is 32.1. The van der Waals surface area contributed by atoms with Crippen molar-refractivity contribution in [2.24, 2.45) is 0 Å². The van der Waals surface area contributed by atoms with E-state index in [2.05, 4.69) is 185 Å². The fraction of sp³-hybridized carbons (Fsp3) is 0.143. The van der Waals surface area contributed by atoms with Crippen LogP contribution in [-0.4, -0.2) is 0 Å². The van der Waals surface area contributed by atoms with Gasteiger partial charge in [-0.3, -0.25) is 0 Å². The highest BCUT2D eigenvalue weighted by Gasteiger charge is 2.15. The largest absolute Gasteiger partial charge is 0.0870 e. The molecule has 7 aromatic rings. The molecule has 0 nitrogen and oxygen atoms in total. The smallest absolute Gasteiger partial charge is 0.00992 e. The number of hydrogen-bond acceptors (Lipinski definition) is 0. The number of aryl methyl sites for hydroxylation is 2. The van der Waals surface area contributed by atoms with Gasteiger partial charge in [0.2, 0.25) is 0 Å². The van der Waals surface area contributed by atoms with Crippen molar-refractivity contribution in [3.05, 3.63) is 179 Å².